The first kappa shape index (κ1) is 23.1. The van der Waals surface area contributed by atoms with Crippen molar-refractivity contribution < 1.29 is 9.53 Å². The van der Waals surface area contributed by atoms with Gasteiger partial charge in [0.1, 0.15) is 17.7 Å². The molecule has 1 amide bonds. The molecular formula is C25H31N5O2. The average Bonchev–Trinajstić information content (AvgIpc) is 2.78. The van der Waals surface area contributed by atoms with Crippen molar-refractivity contribution in [1.82, 2.24) is 4.90 Å². The van der Waals surface area contributed by atoms with Crippen LogP contribution in [0.15, 0.2) is 54.6 Å². The number of amides is 1. The number of nitrogens with one attached hydrogen (secondary N) is 2. The zero-order valence-electron chi connectivity index (χ0n) is 18.7. The van der Waals surface area contributed by atoms with Gasteiger partial charge in [0, 0.05) is 50.7 Å². The maximum absolute atomic E-state index is 12.2. The number of amidine groups is 2. The van der Waals surface area contributed by atoms with E-state index in [0.717, 1.165) is 42.9 Å². The summed E-state index contributed by atoms with van der Waals surface area (Å²) in [7, 11) is 0. The first-order chi connectivity index (χ1) is 15.3. The molecule has 0 saturated carbocycles. The van der Waals surface area contributed by atoms with Gasteiger partial charge in [-0.2, -0.15) is 0 Å². The van der Waals surface area contributed by atoms with Gasteiger partial charge in [0.25, 0.3) is 0 Å². The molecule has 3 rings (SSSR count). The SMILES string of the molecule is CC(=N)N1CCC(Oc2ccc(N(CC=Cc3cccc(C(=N)N)c3)C(C)=O)cc2)CC1. The Morgan fingerprint density at radius 3 is 2.44 bits per heavy atom. The van der Waals surface area contributed by atoms with Crippen molar-refractivity contribution >= 4 is 29.3 Å². The molecule has 0 aromatic heterocycles. The Hall–Kier alpha value is -3.61. The number of rotatable bonds is 7. The highest BCUT2D eigenvalue weighted by Crippen LogP contribution is 2.23. The van der Waals surface area contributed by atoms with Crippen molar-refractivity contribution in [2.24, 2.45) is 5.73 Å². The number of carbonyl (C=O) groups is 1. The van der Waals surface area contributed by atoms with Crippen LogP contribution in [0, 0.1) is 10.8 Å². The molecule has 168 valence electrons. The van der Waals surface area contributed by atoms with Crippen molar-refractivity contribution in [1.29, 1.82) is 10.8 Å². The third kappa shape index (κ3) is 6.20. The van der Waals surface area contributed by atoms with Crippen molar-refractivity contribution in [3.05, 3.63) is 65.7 Å². The van der Waals surface area contributed by atoms with Crippen LogP contribution < -0.4 is 15.4 Å². The van der Waals surface area contributed by atoms with Crippen LogP contribution in [-0.4, -0.2) is 48.2 Å². The fraction of sp³-hybridized carbons (Fsp3) is 0.320. The van der Waals surface area contributed by atoms with Gasteiger partial charge < -0.3 is 20.3 Å². The minimum atomic E-state index is -0.0461. The summed E-state index contributed by atoms with van der Waals surface area (Å²) in [5.41, 5.74) is 7.95. The molecule has 1 fully saturated rings. The van der Waals surface area contributed by atoms with Gasteiger partial charge in [0.2, 0.25) is 5.91 Å². The summed E-state index contributed by atoms with van der Waals surface area (Å²) in [5, 5.41) is 15.3. The first-order valence-corrected chi connectivity index (χ1v) is 10.8. The first-order valence-electron chi connectivity index (χ1n) is 10.8. The van der Waals surface area contributed by atoms with E-state index in [1.807, 2.05) is 61.5 Å². The maximum Gasteiger partial charge on any atom is 0.224 e. The van der Waals surface area contributed by atoms with Crippen LogP contribution in [0.1, 0.15) is 37.8 Å². The monoisotopic (exact) mass is 433 g/mol. The van der Waals surface area contributed by atoms with Crippen LogP contribution in [-0.2, 0) is 4.79 Å². The predicted octanol–water partition coefficient (Wildman–Crippen LogP) is 3.88. The topological polar surface area (TPSA) is 106 Å². The summed E-state index contributed by atoms with van der Waals surface area (Å²) in [4.78, 5) is 16.0. The van der Waals surface area contributed by atoms with Crippen LogP contribution in [0.3, 0.4) is 0 Å². The van der Waals surface area contributed by atoms with Gasteiger partial charge in [-0.3, -0.25) is 15.6 Å². The zero-order chi connectivity index (χ0) is 23.1. The van der Waals surface area contributed by atoms with Gasteiger partial charge in [-0.1, -0.05) is 30.4 Å². The lowest BCUT2D eigenvalue weighted by Crippen LogP contribution is -2.40. The molecule has 0 atom stereocenters. The van der Waals surface area contributed by atoms with Crippen LogP contribution in [0.4, 0.5) is 5.69 Å². The molecule has 0 aliphatic carbocycles. The molecule has 0 spiro atoms. The van der Waals surface area contributed by atoms with E-state index in [2.05, 4.69) is 4.90 Å². The number of likely N-dealkylation sites (tertiary alicyclic amines) is 1. The minimum Gasteiger partial charge on any atom is -0.490 e. The molecule has 7 heteroatoms. The Bertz CT molecular complexity index is 992. The molecule has 2 aromatic carbocycles. The number of ether oxygens (including phenoxy) is 1. The number of nitrogen functional groups attached to an aromatic ring is 1. The van der Waals surface area contributed by atoms with Crippen LogP contribution >= 0.6 is 0 Å². The molecule has 0 radical (unpaired) electrons. The summed E-state index contributed by atoms with van der Waals surface area (Å²) in [6.07, 6.45) is 5.78. The second-order valence-electron chi connectivity index (χ2n) is 7.95. The van der Waals surface area contributed by atoms with Crippen molar-refractivity contribution in [3.63, 3.8) is 0 Å². The zero-order valence-corrected chi connectivity index (χ0v) is 18.7. The Balaban J connectivity index is 1.60. The molecule has 2 aromatic rings. The van der Waals surface area contributed by atoms with E-state index < -0.39 is 0 Å². The number of carbonyl (C=O) groups excluding carboxylic acids is 1. The summed E-state index contributed by atoms with van der Waals surface area (Å²) in [6, 6.07) is 15.0. The molecule has 32 heavy (non-hydrogen) atoms. The lowest BCUT2D eigenvalue weighted by molar-refractivity contribution is -0.116. The normalized spacial score (nSPS) is 14.4. The van der Waals surface area contributed by atoms with Crippen LogP contribution in [0.25, 0.3) is 6.08 Å². The molecular weight excluding hydrogens is 402 g/mol. The highest BCUT2D eigenvalue weighted by molar-refractivity contribution is 5.95. The third-order valence-electron chi connectivity index (χ3n) is 5.54. The van der Waals surface area contributed by atoms with E-state index in [-0.39, 0.29) is 17.8 Å². The van der Waals surface area contributed by atoms with Gasteiger partial charge >= 0.3 is 0 Å². The molecule has 0 unspecified atom stereocenters. The minimum absolute atomic E-state index is 0.0308. The summed E-state index contributed by atoms with van der Waals surface area (Å²) in [5.74, 6) is 1.38. The van der Waals surface area contributed by atoms with Gasteiger partial charge in [-0.15, -0.1) is 0 Å². The molecule has 7 nitrogen and oxygen atoms in total. The number of piperidine rings is 1. The smallest absolute Gasteiger partial charge is 0.224 e. The number of nitrogens with two attached hydrogens (primary N) is 1. The Kier molecular flexibility index (Phi) is 7.65. The van der Waals surface area contributed by atoms with Gasteiger partial charge in [-0.25, -0.2) is 0 Å². The quantitative estimate of drug-likeness (QED) is 0.455. The lowest BCUT2D eigenvalue weighted by atomic mass is 10.1. The molecule has 1 heterocycles. The summed E-state index contributed by atoms with van der Waals surface area (Å²) >= 11 is 0. The predicted molar refractivity (Wildman–Crippen MR) is 130 cm³/mol. The van der Waals surface area contributed by atoms with Crippen molar-refractivity contribution in [2.75, 3.05) is 24.5 Å². The molecule has 4 N–H and O–H groups in total. The van der Waals surface area contributed by atoms with Gasteiger partial charge in [-0.05, 0) is 42.8 Å². The van der Waals surface area contributed by atoms with Crippen molar-refractivity contribution in [3.8, 4) is 5.75 Å². The van der Waals surface area contributed by atoms with Crippen LogP contribution in [0.2, 0.25) is 0 Å². The van der Waals surface area contributed by atoms with Gasteiger partial charge in [0.15, 0.2) is 0 Å². The van der Waals surface area contributed by atoms with E-state index in [9.17, 15) is 4.79 Å². The number of benzene rings is 2. The van der Waals surface area contributed by atoms with Crippen molar-refractivity contribution in [2.45, 2.75) is 32.8 Å². The van der Waals surface area contributed by atoms with Gasteiger partial charge in [0.05, 0.1) is 5.84 Å². The largest absolute Gasteiger partial charge is 0.490 e. The lowest BCUT2D eigenvalue weighted by Gasteiger charge is -2.32. The number of hydrogen-bond acceptors (Lipinski definition) is 4. The maximum atomic E-state index is 12.2. The van der Waals surface area contributed by atoms with Crippen LogP contribution in [0.5, 0.6) is 5.75 Å². The van der Waals surface area contributed by atoms with E-state index in [4.69, 9.17) is 21.3 Å². The number of hydrogen-bond donors (Lipinski definition) is 3. The van der Waals surface area contributed by atoms with E-state index >= 15 is 0 Å². The number of anilines is 1. The standard InChI is InChI=1S/C25H31N5O2/c1-18(26)29-15-12-24(13-16-29)32-23-10-8-22(9-11-23)30(19(2)31)14-4-6-20-5-3-7-21(17-20)25(27)28/h3-11,17,24,26H,12-16H2,1-2H3,(H3,27,28). The van der Waals surface area contributed by atoms with E-state index in [1.54, 1.807) is 17.9 Å². The van der Waals surface area contributed by atoms with E-state index in [1.165, 1.54) is 0 Å². The Morgan fingerprint density at radius 1 is 1.16 bits per heavy atom. The molecule has 0 bridgehead atoms. The second kappa shape index (κ2) is 10.6. The molecule has 1 saturated heterocycles. The average molecular weight is 434 g/mol. The Morgan fingerprint density at radius 2 is 1.84 bits per heavy atom. The highest BCUT2D eigenvalue weighted by Gasteiger charge is 2.21. The number of nitrogens with zero attached hydrogens (tertiary/aromatic N) is 2. The fourth-order valence-corrected chi connectivity index (χ4v) is 3.73. The highest BCUT2D eigenvalue weighted by atomic mass is 16.5. The molecule has 1 aliphatic heterocycles. The fourth-order valence-electron chi connectivity index (χ4n) is 3.73. The second-order valence-corrected chi connectivity index (χ2v) is 7.95. The van der Waals surface area contributed by atoms with E-state index in [0.29, 0.717) is 17.9 Å². The third-order valence-corrected chi connectivity index (χ3v) is 5.54. The summed E-state index contributed by atoms with van der Waals surface area (Å²) < 4.78 is 6.11. The molecule has 1 aliphatic rings. The summed E-state index contributed by atoms with van der Waals surface area (Å²) in [6.45, 7) is 5.49. The Labute approximate surface area is 189 Å².